The van der Waals surface area contributed by atoms with Gasteiger partial charge in [-0.3, -0.25) is 19.7 Å². The third-order valence-corrected chi connectivity index (χ3v) is 4.30. The molecule has 0 bridgehead atoms. The fourth-order valence-corrected chi connectivity index (χ4v) is 2.88. The standard InChI is InChI=1S/C20H17FN4O7/c1-2-32-16-9-11(8-15(18(16)27)25(30)31)7-14-19(28)24(20(29)23-14)10-17(26)22-13-6-4-3-5-12(13)21/h3-9,27H,2,10H2,1H3,(H,22,26)(H,23,29)/b14-7+. The average molecular weight is 444 g/mol. The summed E-state index contributed by atoms with van der Waals surface area (Å²) in [5.41, 5.74) is -0.920. The Labute approximate surface area is 180 Å². The first kappa shape index (κ1) is 22.2. The van der Waals surface area contributed by atoms with E-state index in [2.05, 4.69) is 10.6 Å². The van der Waals surface area contributed by atoms with Crippen LogP contribution in [0.1, 0.15) is 12.5 Å². The fourth-order valence-electron chi connectivity index (χ4n) is 2.88. The van der Waals surface area contributed by atoms with Crippen molar-refractivity contribution in [1.82, 2.24) is 10.2 Å². The van der Waals surface area contributed by atoms with Crippen LogP contribution in [0.4, 0.5) is 20.6 Å². The molecule has 1 aliphatic rings. The number of benzene rings is 2. The quantitative estimate of drug-likeness (QED) is 0.257. The van der Waals surface area contributed by atoms with Crippen LogP contribution in [0.15, 0.2) is 42.1 Å². The number of nitrogens with one attached hydrogen (secondary N) is 2. The molecule has 166 valence electrons. The predicted octanol–water partition coefficient (Wildman–Crippen LogP) is 2.37. The Bertz CT molecular complexity index is 1150. The van der Waals surface area contributed by atoms with Crippen LogP contribution in [0.2, 0.25) is 0 Å². The molecule has 1 fully saturated rings. The summed E-state index contributed by atoms with van der Waals surface area (Å²) in [6.07, 6.45) is 1.14. The van der Waals surface area contributed by atoms with Gasteiger partial charge in [-0.25, -0.2) is 14.1 Å². The Kier molecular flexibility index (Phi) is 6.33. The van der Waals surface area contributed by atoms with E-state index in [1.54, 1.807) is 6.92 Å². The van der Waals surface area contributed by atoms with E-state index in [1.165, 1.54) is 24.3 Å². The van der Waals surface area contributed by atoms with Gasteiger partial charge in [0.2, 0.25) is 11.7 Å². The number of phenolic OH excluding ortho intramolecular Hbond substituents is 1. The highest BCUT2D eigenvalue weighted by atomic mass is 19.1. The summed E-state index contributed by atoms with van der Waals surface area (Å²) < 4.78 is 18.8. The van der Waals surface area contributed by atoms with Crippen LogP contribution >= 0.6 is 0 Å². The van der Waals surface area contributed by atoms with Crippen LogP contribution in [0, 0.1) is 15.9 Å². The fraction of sp³-hybridized carbons (Fsp3) is 0.150. The number of aromatic hydroxyl groups is 1. The Hall–Kier alpha value is -4.48. The van der Waals surface area contributed by atoms with Crippen molar-refractivity contribution in [3.05, 3.63) is 63.6 Å². The molecule has 32 heavy (non-hydrogen) atoms. The number of hydrogen-bond acceptors (Lipinski definition) is 7. The van der Waals surface area contributed by atoms with Gasteiger partial charge >= 0.3 is 11.7 Å². The number of amides is 4. The molecule has 2 aromatic carbocycles. The number of ether oxygens (including phenoxy) is 1. The minimum atomic E-state index is -0.900. The maximum atomic E-state index is 13.7. The molecule has 0 aromatic heterocycles. The first-order valence-electron chi connectivity index (χ1n) is 9.24. The molecule has 0 spiro atoms. The Morgan fingerprint density at radius 2 is 2.06 bits per heavy atom. The van der Waals surface area contributed by atoms with E-state index in [9.17, 15) is 34.0 Å². The number of nitro groups is 1. The summed E-state index contributed by atoms with van der Waals surface area (Å²) in [5.74, 6) is -3.21. The number of halogens is 1. The molecule has 3 N–H and O–H groups in total. The van der Waals surface area contributed by atoms with Crippen molar-refractivity contribution in [1.29, 1.82) is 0 Å². The molecule has 0 unspecified atom stereocenters. The highest BCUT2D eigenvalue weighted by Gasteiger charge is 2.35. The van der Waals surface area contributed by atoms with Crippen molar-refractivity contribution in [2.45, 2.75) is 6.92 Å². The summed E-state index contributed by atoms with van der Waals surface area (Å²) in [6.45, 7) is 1.04. The average Bonchev–Trinajstić information content (AvgIpc) is 2.99. The highest BCUT2D eigenvalue weighted by Crippen LogP contribution is 2.37. The van der Waals surface area contributed by atoms with Gasteiger partial charge in [0, 0.05) is 6.07 Å². The molecule has 0 atom stereocenters. The molecule has 12 heteroatoms. The van der Waals surface area contributed by atoms with E-state index in [4.69, 9.17) is 4.74 Å². The zero-order valence-electron chi connectivity index (χ0n) is 16.6. The number of imide groups is 1. The van der Waals surface area contributed by atoms with E-state index < -0.39 is 46.6 Å². The van der Waals surface area contributed by atoms with Gasteiger partial charge in [-0.15, -0.1) is 0 Å². The van der Waals surface area contributed by atoms with Gasteiger partial charge in [0.15, 0.2) is 5.75 Å². The lowest BCUT2D eigenvalue weighted by molar-refractivity contribution is -0.386. The van der Waals surface area contributed by atoms with Gasteiger partial charge in [0.1, 0.15) is 18.1 Å². The monoisotopic (exact) mass is 444 g/mol. The third kappa shape index (κ3) is 4.64. The van der Waals surface area contributed by atoms with Crippen LogP contribution in [-0.2, 0) is 9.59 Å². The number of anilines is 1. The molecule has 0 aliphatic carbocycles. The predicted molar refractivity (Wildman–Crippen MR) is 109 cm³/mol. The summed E-state index contributed by atoms with van der Waals surface area (Å²) in [4.78, 5) is 47.9. The lowest BCUT2D eigenvalue weighted by Gasteiger charge is -2.12. The number of carbonyl (C=O) groups is 3. The van der Waals surface area contributed by atoms with Gasteiger partial charge in [0.25, 0.3) is 5.91 Å². The molecule has 1 heterocycles. The zero-order chi connectivity index (χ0) is 23.4. The molecule has 1 saturated heterocycles. The number of nitro benzene ring substituents is 1. The summed E-state index contributed by atoms with van der Waals surface area (Å²) >= 11 is 0. The zero-order valence-corrected chi connectivity index (χ0v) is 16.6. The van der Waals surface area contributed by atoms with Gasteiger partial charge in [-0.2, -0.15) is 0 Å². The maximum absolute atomic E-state index is 13.7. The maximum Gasteiger partial charge on any atom is 0.329 e. The van der Waals surface area contributed by atoms with Crippen molar-refractivity contribution in [3.63, 3.8) is 0 Å². The number of nitrogens with zero attached hydrogens (tertiary/aromatic N) is 2. The molecule has 2 aromatic rings. The summed E-state index contributed by atoms with van der Waals surface area (Å²) in [6, 6.07) is 6.74. The van der Waals surface area contributed by atoms with Crippen LogP contribution < -0.4 is 15.4 Å². The Morgan fingerprint density at radius 1 is 1.34 bits per heavy atom. The number of carbonyl (C=O) groups excluding carboxylic acids is 3. The molecular weight excluding hydrogens is 427 g/mol. The van der Waals surface area contributed by atoms with Crippen molar-refractivity contribution in [2.75, 3.05) is 18.5 Å². The van der Waals surface area contributed by atoms with Crippen molar-refractivity contribution < 1.29 is 33.5 Å². The molecule has 0 radical (unpaired) electrons. The number of rotatable bonds is 7. The summed E-state index contributed by atoms with van der Waals surface area (Å²) in [5, 5.41) is 25.7. The highest BCUT2D eigenvalue weighted by molar-refractivity contribution is 6.16. The van der Waals surface area contributed by atoms with E-state index in [0.29, 0.717) is 4.90 Å². The Balaban J connectivity index is 1.81. The minimum absolute atomic E-state index is 0.0965. The normalized spacial score (nSPS) is 14.4. The SMILES string of the molecule is CCOc1cc(/C=C2/NC(=O)N(CC(=O)Nc3ccccc3F)C2=O)cc([N+](=O)[O-])c1O. The van der Waals surface area contributed by atoms with Gasteiger partial charge in [-0.1, -0.05) is 12.1 Å². The van der Waals surface area contributed by atoms with Gasteiger partial charge in [0.05, 0.1) is 17.2 Å². The lowest BCUT2D eigenvalue weighted by Crippen LogP contribution is -2.38. The van der Waals surface area contributed by atoms with Crippen molar-refractivity contribution in [3.8, 4) is 11.5 Å². The van der Waals surface area contributed by atoms with E-state index in [1.807, 2.05) is 0 Å². The molecule has 4 amide bonds. The molecule has 3 rings (SSSR count). The van der Waals surface area contributed by atoms with E-state index >= 15 is 0 Å². The first-order chi connectivity index (χ1) is 15.2. The van der Waals surface area contributed by atoms with E-state index in [-0.39, 0.29) is 29.3 Å². The minimum Gasteiger partial charge on any atom is -0.500 e. The number of hydrogen-bond donors (Lipinski definition) is 3. The van der Waals surface area contributed by atoms with Gasteiger partial charge in [-0.05, 0) is 36.8 Å². The number of para-hydroxylation sites is 1. The Morgan fingerprint density at radius 3 is 2.72 bits per heavy atom. The van der Waals surface area contributed by atoms with Crippen LogP contribution in [0.3, 0.4) is 0 Å². The van der Waals surface area contributed by atoms with Gasteiger partial charge < -0.3 is 20.5 Å². The van der Waals surface area contributed by atoms with Crippen LogP contribution in [0.5, 0.6) is 11.5 Å². The lowest BCUT2D eigenvalue weighted by atomic mass is 10.1. The molecular formula is C20H17FN4O7. The number of phenols is 1. The third-order valence-electron chi connectivity index (χ3n) is 4.30. The smallest absolute Gasteiger partial charge is 0.329 e. The topological polar surface area (TPSA) is 151 Å². The van der Waals surface area contributed by atoms with Crippen molar-refractivity contribution in [2.24, 2.45) is 0 Å². The number of urea groups is 1. The molecule has 11 nitrogen and oxygen atoms in total. The molecule has 1 aliphatic heterocycles. The second-order valence-electron chi connectivity index (χ2n) is 6.48. The van der Waals surface area contributed by atoms with Crippen molar-refractivity contribution >= 4 is 35.3 Å². The molecule has 0 saturated carbocycles. The second-order valence-corrected chi connectivity index (χ2v) is 6.48. The first-order valence-corrected chi connectivity index (χ1v) is 9.24. The van der Waals surface area contributed by atoms with E-state index in [0.717, 1.165) is 18.2 Å². The van der Waals surface area contributed by atoms with Crippen LogP contribution in [0.25, 0.3) is 6.08 Å². The largest absolute Gasteiger partial charge is 0.500 e. The summed E-state index contributed by atoms with van der Waals surface area (Å²) in [7, 11) is 0. The second kappa shape index (κ2) is 9.12. The van der Waals surface area contributed by atoms with Crippen LogP contribution in [-0.4, -0.2) is 45.9 Å².